The molecule has 1 heterocycles. The Bertz CT molecular complexity index is 291. The Balaban J connectivity index is 1.90. The number of hydrogen-bond acceptors (Lipinski definition) is 3. The van der Waals surface area contributed by atoms with E-state index in [1.54, 1.807) is 0 Å². The van der Waals surface area contributed by atoms with E-state index in [1.807, 2.05) is 19.1 Å². The van der Waals surface area contributed by atoms with Gasteiger partial charge in [-0.15, -0.1) is 0 Å². The molecule has 3 heteroatoms. The van der Waals surface area contributed by atoms with E-state index in [2.05, 4.69) is 0 Å². The van der Waals surface area contributed by atoms with Crippen LogP contribution in [-0.2, 0) is 4.74 Å². The predicted octanol–water partition coefficient (Wildman–Crippen LogP) is 2.01. The standard InChI is InChI=1S/C11H17NO2/c1-8-2-5-10(14-8)11(6-12)13-7-9-3-4-9/h2,5,9,11H,3-4,6-7,12H2,1H3. The topological polar surface area (TPSA) is 48.4 Å². The van der Waals surface area contributed by atoms with Gasteiger partial charge in [-0.25, -0.2) is 0 Å². The molecular formula is C11H17NO2. The molecule has 0 aliphatic heterocycles. The molecule has 0 saturated heterocycles. The van der Waals surface area contributed by atoms with Gasteiger partial charge in [0.1, 0.15) is 17.6 Å². The molecule has 2 N–H and O–H groups in total. The van der Waals surface area contributed by atoms with Gasteiger partial charge >= 0.3 is 0 Å². The van der Waals surface area contributed by atoms with Crippen LogP contribution >= 0.6 is 0 Å². The lowest BCUT2D eigenvalue weighted by Crippen LogP contribution is -2.16. The molecule has 0 amide bonds. The van der Waals surface area contributed by atoms with Crippen molar-refractivity contribution in [2.75, 3.05) is 13.2 Å². The van der Waals surface area contributed by atoms with Gasteiger partial charge in [-0.2, -0.15) is 0 Å². The maximum absolute atomic E-state index is 5.70. The van der Waals surface area contributed by atoms with Crippen LogP contribution in [0.2, 0.25) is 0 Å². The monoisotopic (exact) mass is 195 g/mol. The molecule has 2 rings (SSSR count). The second kappa shape index (κ2) is 4.15. The van der Waals surface area contributed by atoms with Crippen LogP contribution in [0.4, 0.5) is 0 Å². The fourth-order valence-electron chi connectivity index (χ4n) is 1.43. The molecule has 1 saturated carbocycles. The van der Waals surface area contributed by atoms with E-state index in [0.717, 1.165) is 24.0 Å². The first kappa shape index (κ1) is 9.74. The highest BCUT2D eigenvalue weighted by atomic mass is 16.5. The van der Waals surface area contributed by atoms with Crippen LogP contribution in [0.25, 0.3) is 0 Å². The Hall–Kier alpha value is -0.800. The molecule has 14 heavy (non-hydrogen) atoms. The highest BCUT2D eigenvalue weighted by molar-refractivity contribution is 5.08. The summed E-state index contributed by atoms with van der Waals surface area (Å²) in [7, 11) is 0. The van der Waals surface area contributed by atoms with Crippen molar-refractivity contribution in [1.82, 2.24) is 0 Å². The van der Waals surface area contributed by atoms with E-state index in [1.165, 1.54) is 12.8 Å². The van der Waals surface area contributed by atoms with E-state index >= 15 is 0 Å². The largest absolute Gasteiger partial charge is 0.464 e. The van der Waals surface area contributed by atoms with E-state index in [-0.39, 0.29) is 6.10 Å². The van der Waals surface area contributed by atoms with E-state index in [4.69, 9.17) is 14.9 Å². The van der Waals surface area contributed by atoms with Crippen LogP contribution in [0, 0.1) is 12.8 Å². The highest BCUT2D eigenvalue weighted by Gasteiger charge is 2.24. The SMILES string of the molecule is Cc1ccc(C(CN)OCC2CC2)o1. The average molecular weight is 195 g/mol. The summed E-state index contributed by atoms with van der Waals surface area (Å²) in [5.41, 5.74) is 5.64. The first-order valence-electron chi connectivity index (χ1n) is 5.17. The van der Waals surface area contributed by atoms with Crippen LogP contribution in [0.3, 0.4) is 0 Å². The van der Waals surface area contributed by atoms with Crippen molar-refractivity contribution >= 4 is 0 Å². The Labute approximate surface area is 84.2 Å². The number of hydrogen-bond donors (Lipinski definition) is 1. The summed E-state index contributed by atoms with van der Waals surface area (Å²) in [6.45, 7) is 3.24. The third-order valence-electron chi connectivity index (χ3n) is 2.52. The van der Waals surface area contributed by atoms with Gasteiger partial charge in [-0.05, 0) is 37.8 Å². The molecule has 1 fully saturated rings. The predicted molar refractivity (Wildman–Crippen MR) is 53.9 cm³/mol. The molecule has 1 atom stereocenters. The Kier molecular flexibility index (Phi) is 2.89. The van der Waals surface area contributed by atoms with Crippen molar-refractivity contribution in [3.05, 3.63) is 23.7 Å². The normalized spacial score (nSPS) is 18.4. The molecule has 1 aliphatic carbocycles. The first-order valence-corrected chi connectivity index (χ1v) is 5.17. The molecule has 3 nitrogen and oxygen atoms in total. The molecule has 0 spiro atoms. The highest BCUT2D eigenvalue weighted by Crippen LogP contribution is 2.31. The minimum atomic E-state index is -0.0655. The van der Waals surface area contributed by atoms with Crippen LogP contribution in [0.5, 0.6) is 0 Å². The third kappa shape index (κ3) is 2.36. The molecule has 0 radical (unpaired) electrons. The summed E-state index contributed by atoms with van der Waals surface area (Å²) in [5.74, 6) is 2.53. The third-order valence-corrected chi connectivity index (χ3v) is 2.52. The van der Waals surface area contributed by atoms with Gasteiger partial charge in [0, 0.05) is 6.54 Å². The Morgan fingerprint density at radius 1 is 1.57 bits per heavy atom. The van der Waals surface area contributed by atoms with Gasteiger partial charge in [0.05, 0.1) is 6.61 Å². The summed E-state index contributed by atoms with van der Waals surface area (Å²) >= 11 is 0. The summed E-state index contributed by atoms with van der Waals surface area (Å²) in [6.07, 6.45) is 2.53. The van der Waals surface area contributed by atoms with E-state index < -0.39 is 0 Å². The number of aryl methyl sites for hydroxylation is 1. The van der Waals surface area contributed by atoms with Gasteiger partial charge in [-0.1, -0.05) is 0 Å². The van der Waals surface area contributed by atoms with Crippen molar-refractivity contribution in [2.45, 2.75) is 25.9 Å². The number of ether oxygens (including phenoxy) is 1. The second-order valence-electron chi connectivity index (χ2n) is 3.95. The number of rotatable bonds is 5. The summed E-state index contributed by atoms with van der Waals surface area (Å²) < 4.78 is 11.2. The van der Waals surface area contributed by atoms with Crippen molar-refractivity contribution < 1.29 is 9.15 Å². The molecule has 1 aliphatic rings. The Morgan fingerprint density at radius 2 is 2.36 bits per heavy atom. The average Bonchev–Trinajstić information content (AvgIpc) is 2.90. The van der Waals surface area contributed by atoms with Crippen LogP contribution in [0.15, 0.2) is 16.5 Å². The molecule has 0 aromatic carbocycles. The summed E-state index contributed by atoms with van der Waals surface area (Å²) in [5, 5.41) is 0. The quantitative estimate of drug-likeness (QED) is 0.781. The van der Waals surface area contributed by atoms with Crippen LogP contribution in [0.1, 0.15) is 30.5 Å². The molecular weight excluding hydrogens is 178 g/mol. The first-order chi connectivity index (χ1) is 6.79. The van der Waals surface area contributed by atoms with E-state index in [9.17, 15) is 0 Å². The molecule has 1 unspecified atom stereocenters. The fraction of sp³-hybridized carbons (Fsp3) is 0.636. The molecule has 1 aromatic heterocycles. The summed E-state index contributed by atoms with van der Waals surface area (Å²) in [4.78, 5) is 0. The minimum Gasteiger partial charge on any atom is -0.464 e. The lowest BCUT2D eigenvalue weighted by molar-refractivity contribution is 0.0363. The van der Waals surface area contributed by atoms with Gasteiger partial charge in [0.25, 0.3) is 0 Å². The lowest BCUT2D eigenvalue weighted by atomic mass is 10.2. The fourth-order valence-corrected chi connectivity index (χ4v) is 1.43. The van der Waals surface area contributed by atoms with Gasteiger partial charge in [0.2, 0.25) is 0 Å². The zero-order valence-corrected chi connectivity index (χ0v) is 8.53. The van der Waals surface area contributed by atoms with Gasteiger partial charge in [0.15, 0.2) is 0 Å². The summed E-state index contributed by atoms with van der Waals surface area (Å²) in [6, 6.07) is 3.89. The number of furan rings is 1. The van der Waals surface area contributed by atoms with Crippen LogP contribution < -0.4 is 5.73 Å². The minimum absolute atomic E-state index is 0.0655. The van der Waals surface area contributed by atoms with Crippen molar-refractivity contribution in [2.24, 2.45) is 11.7 Å². The molecule has 78 valence electrons. The maximum Gasteiger partial charge on any atom is 0.134 e. The lowest BCUT2D eigenvalue weighted by Gasteiger charge is -2.12. The van der Waals surface area contributed by atoms with Crippen molar-refractivity contribution in [3.63, 3.8) is 0 Å². The van der Waals surface area contributed by atoms with Crippen LogP contribution in [-0.4, -0.2) is 13.2 Å². The zero-order chi connectivity index (χ0) is 9.97. The maximum atomic E-state index is 5.70. The zero-order valence-electron chi connectivity index (χ0n) is 8.53. The van der Waals surface area contributed by atoms with E-state index in [0.29, 0.717) is 6.54 Å². The smallest absolute Gasteiger partial charge is 0.134 e. The van der Waals surface area contributed by atoms with Crippen molar-refractivity contribution in [1.29, 1.82) is 0 Å². The number of nitrogens with two attached hydrogens (primary N) is 1. The molecule has 0 bridgehead atoms. The van der Waals surface area contributed by atoms with Gasteiger partial charge in [-0.3, -0.25) is 0 Å². The molecule has 1 aromatic rings. The second-order valence-corrected chi connectivity index (χ2v) is 3.95. The van der Waals surface area contributed by atoms with Gasteiger partial charge < -0.3 is 14.9 Å². The van der Waals surface area contributed by atoms with Crippen molar-refractivity contribution in [3.8, 4) is 0 Å². The Morgan fingerprint density at radius 3 is 2.86 bits per heavy atom.